The molecule has 0 spiro atoms. The predicted octanol–water partition coefficient (Wildman–Crippen LogP) is 0.647. The van der Waals surface area contributed by atoms with E-state index in [9.17, 15) is 4.79 Å². The van der Waals surface area contributed by atoms with E-state index >= 15 is 0 Å². The molecule has 0 aromatic carbocycles. The molecule has 8 heteroatoms. The number of hydrogen-bond donors (Lipinski definition) is 2. The maximum absolute atomic E-state index is 12.3. The number of nitrogens with one attached hydrogen (secondary N) is 2. The molecule has 0 saturated carbocycles. The second kappa shape index (κ2) is 4.72. The van der Waals surface area contributed by atoms with Gasteiger partial charge in [0, 0.05) is 11.9 Å². The molecule has 2 N–H and O–H groups in total. The molecule has 3 aromatic heterocycles. The minimum atomic E-state index is -0.273. The molecule has 1 unspecified atom stereocenters. The van der Waals surface area contributed by atoms with E-state index in [0.29, 0.717) is 17.0 Å². The van der Waals surface area contributed by atoms with Crippen molar-refractivity contribution in [3.8, 4) is 0 Å². The van der Waals surface area contributed by atoms with Crippen LogP contribution in [0, 0.1) is 6.92 Å². The number of carbonyl (C=O) groups excluding carboxylic acids is 1. The third-order valence-electron chi connectivity index (χ3n) is 2.94. The molecule has 0 bridgehead atoms. The third kappa shape index (κ3) is 2.11. The van der Waals surface area contributed by atoms with Crippen molar-refractivity contribution in [2.45, 2.75) is 19.9 Å². The van der Waals surface area contributed by atoms with Gasteiger partial charge in [0.05, 0.1) is 12.2 Å². The first-order valence-corrected chi connectivity index (χ1v) is 6.12. The Morgan fingerprint density at radius 3 is 3.10 bits per heavy atom. The van der Waals surface area contributed by atoms with Gasteiger partial charge in [-0.05, 0) is 19.9 Å². The lowest BCUT2D eigenvalue weighted by atomic mass is 10.2. The number of nitrogens with zero attached hydrogens (tertiary/aromatic N) is 5. The van der Waals surface area contributed by atoms with Crippen molar-refractivity contribution in [1.82, 2.24) is 35.1 Å². The fraction of sp³-hybridized carbons (Fsp3) is 0.250. The first-order chi connectivity index (χ1) is 9.65. The SMILES string of the molecule is Cc1ccn2ncc(C(=O)NC(C)c3ncn[nH]3)c2n1. The molecular formula is C12H13N7O. The minimum Gasteiger partial charge on any atom is -0.342 e. The highest BCUT2D eigenvalue weighted by Gasteiger charge is 2.18. The molecule has 0 fully saturated rings. The molecule has 0 aliphatic carbocycles. The van der Waals surface area contributed by atoms with Crippen LogP contribution in [0.25, 0.3) is 5.65 Å². The highest BCUT2D eigenvalue weighted by atomic mass is 16.1. The van der Waals surface area contributed by atoms with Gasteiger partial charge < -0.3 is 5.32 Å². The minimum absolute atomic E-state index is 0.248. The van der Waals surface area contributed by atoms with Gasteiger partial charge in [0.15, 0.2) is 5.65 Å². The molecule has 0 aliphatic heterocycles. The van der Waals surface area contributed by atoms with E-state index in [4.69, 9.17) is 0 Å². The summed E-state index contributed by atoms with van der Waals surface area (Å²) < 4.78 is 1.57. The van der Waals surface area contributed by atoms with Crippen LogP contribution in [0.3, 0.4) is 0 Å². The quantitative estimate of drug-likeness (QED) is 0.728. The highest BCUT2D eigenvalue weighted by molar-refractivity contribution is 5.99. The zero-order chi connectivity index (χ0) is 14.1. The van der Waals surface area contributed by atoms with E-state index in [1.54, 1.807) is 10.7 Å². The van der Waals surface area contributed by atoms with E-state index in [0.717, 1.165) is 5.69 Å². The molecule has 0 saturated heterocycles. The predicted molar refractivity (Wildman–Crippen MR) is 70.0 cm³/mol. The second-order valence-electron chi connectivity index (χ2n) is 4.46. The van der Waals surface area contributed by atoms with Crippen LogP contribution in [0.15, 0.2) is 24.8 Å². The summed E-state index contributed by atoms with van der Waals surface area (Å²) in [6, 6.07) is 1.56. The van der Waals surface area contributed by atoms with Crippen molar-refractivity contribution in [2.75, 3.05) is 0 Å². The van der Waals surface area contributed by atoms with Crippen LogP contribution in [-0.2, 0) is 0 Å². The van der Waals surface area contributed by atoms with Crippen molar-refractivity contribution in [2.24, 2.45) is 0 Å². The number of H-pyrrole nitrogens is 1. The van der Waals surface area contributed by atoms with E-state index in [-0.39, 0.29) is 11.9 Å². The van der Waals surface area contributed by atoms with Crippen LogP contribution in [0.2, 0.25) is 0 Å². The van der Waals surface area contributed by atoms with Crippen molar-refractivity contribution in [3.05, 3.63) is 41.9 Å². The number of aryl methyl sites for hydroxylation is 1. The number of aromatic amines is 1. The lowest BCUT2D eigenvalue weighted by Crippen LogP contribution is -2.27. The number of amides is 1. The summed E-state index contributed by atoms with van der Waals surface area (Å²) >= 11 is 0. The van der Waals surface area contributed by atoms with E-state index in [2.05, 4.69) is 30.6 Å². The topological polar surface area (TPSA) is 101 Å². The average Bonchev–Trinajstić information content (AvgIpc) is 3.07. The van der Waals surface area contributed by atoms with Gasteiger partial charge in [0.1, 0.15) is 17.7 Å². The Labute approximate surface area is 114 Å². The first-order valence-electron chi connectivity index (χ1n) is 6.12. The summed E-state index contributed by atoms with van der Waals surface area (Å²) in [5.41, 5.74) is 1.79. The van der Waals surface area contributed by atoms with Gasteiger partial charge in [-0.2, -0.15) is 10.2 Å². The Kier molecular flexibility index (Phi) is 2.90. The van der Waals surface area contributed by atoms with Crippen LogP contribution in [0.5, 0.6) is 0 Å². The van der Waals surface area contributed by atoms with Crippen molar-refractivity contribution >= 4 is 11.6 Å². The second-order valence-corrected chi connectivity index (χ2v) is 4.46. The molecule has 1 amide bonds. The molecule has 3 heterocycles. The molecule has 20 heavy (non-hydrogen) atoms. The molecule has 8 nitrogen and oxygen atoms in total. The largest absolute Gasteiger partial charge is 0.342 e. The molecule has 1 atom stereocenters. The number of aromatic nitrogens is 6. The zero-order valence-electron chi connectivity index (χ0n) is 11.0. The number of carbonyl (C=O) groups is 1. The highest BCUT2D eigenvalue weighted by Crippen LogP contribution is 2.11. The Morgan fingerprint density at radius 1 is 1.50 bits per heavy atom. The Morgan fingerprint density at radius 2 is 2.35 bits per heavy atom. The monoisotopic (exact) mass is 271 g/mol. The first kappa shape index (κ1) is 12.3. The summed E-state index contributed by atoms with van der Waals surface area (Å²) in [5, 5.41) is 13.4. The maximum Gasteiger partial charge on any atom is 0.257 e. The number of hydrogen-bond acceptors (Lipinski definition) is 5. The third-order valence-corrected chi connectivity index (χ3v) is 2.94. The summed E-state index contributed by atoms with van der Waals surface area (Å²) in [7, 11) is 0. The summed E-state index contributed by atoms with van der Waals surface area (Å²) in [6.07, 6.45) is 4.68. The summed E-state index contributed by atoms with van der Waals surface area (Å²) in [5.74, 6) is 0.348. The molecule has 0 radical (unpaired) electrons. The van der Waals surface area contributed by atoms with Crippen molar-refractivity contribution in [3.63, 3.8) is 0 Å². The fourth-order valence-corrected chi connectivity index (χ4v) is 1.89. The van der Waals surface area contributed by atoms with Crippen molar-refractivity contribution < 1.29 is 4.79 Å². The standard InChI is InChI=1S/C12H13N7O/c1-7-3-4-19-11(16-7)9(5-15-19)12(20)17-8(2)10-13-6-14-18-10/h3-6,8H,1-2H3,(H,17,20)(H,13,14,18). The van der Waals surface area contributed by atoms with E-state index in [1.165, 1.54) is 12.5 Å². The zero-order valence-corrected chi connectivity index (χ0v) is 11.0. The Hall–Kier alpha value is -2.77. The number of rotatable bonds is 3. The van der Waals surface area contributed by atoms with Crippen LogP contribution in [-0.4, -0.2) is 35.7 Å². The number of fused-ring (bicyclic) bond motifs is 1. The smallest absolute Gasteiger partial charge is 0.257 e. The van der Waals surface area contributed by atoms with E-state index < -0.39 is 0 Å². The molecule has 0 aliphatic rings. The molecule has 3 rings (SSSR count). The van der Waals surface area contributed by atoms with Crippen LogP contribution in [0.4, 0.5) is 0 Å². The van der Waals surface area contributed by atoms with Gasteiger partial charge in [0.25, 0.3) is 5.91 Å². The van der Waals surface area contributed by atoms with Gasteiger partial charge in [-0.15, -0.1) is 0 Å². The van der Waals surface area contributed by atoms with Gasteiger partial charge >= 0.3 is 0 Å². The Bertz CT molecular complexity index is 746. The normalized spacial score (nSPS) is 12.5. The summed E-state index contributed by atoms with van der Waals surface area (Å²) in [4.78, 5) is 20.6. The van der Waals surface area contributed by atoms with Gasteiger partial charge in [0.2, 0.25) is 0 Å². The molecular weight excluding hydrogens is 258 g/mol. The van der Waals surface area contributed by atoms with E-state index in [1.807, 2.05) is 19.9 Å². The fourth-order valence-electron chi connectivity index (χ4n) is 1.89. The van der Waals surface area contributed by atoms with Crippen molar-refractivity contribution in [1.29, 1.82) is 0 Å². The van der Waals surface area contributed by atoms with Crippen LogP contribution in [0.1, 0.15) is 34.8 Å². The lowest BCUT2D eigenvalue weighted by Gasteiger charge is -2.09. The molecule has 102 valence electrons. The van der Waals surface area contributed by atoms with Crippen LogP contribution >= 0.6 is 0 Å². The van der Waals surface area contributed by atoms with Gasteiger partial charge in [-0.25, -0.2) is 14.5 Å². The van der Waals surface area contributed by atoms with Gasteiger partial charge in [-0.1, -0.05) is 0 Å². The molecule has 3 aromatic rings. The lowest BCUT2D eigenvalue weighted by molar-refractivity contribution is 0.0940. The average molecular weight is 271 g/mol. The van der Waals surface area contributed by atoms with Crippen LogP contribution < -0.4 is 5.32 Å². The summed E-state index contributed by atoms with van der Waals surface area (Å²) in [6.45, 7) is 3.69. The Balaban J connectivity index is 1.87. The van der Waals surface area contributed by atoms with Gasteiger partial charge in [-0.3, -0.25) is 9.89 Å². The maximum atomic E-state index is 12.3.